The number of rotatable bonds is 4. The molecule has 128 valence electrons. The fraction of sp³-hybridized carbons (Fsp3) is 0.462. The van der Waals surface area contributed by atoms with Gasteiger partial charge in [-0.15, -0.1) is 0 Å². The van der Waals surface area contributed by atoms with Crippen LogP contribution in [0.15, 0.2) is 29.3 Å². The third-order valence-corrected chi connectivity index (χ3v) is 3.52. The Labute approximate surface area is 133 Å². The van der Waals surface area contributed by atoms with Crippen LogP contribution in [0, 0.1) is 0 Å². The van der Waals surface area contributed by atoms with Crippen LogP contribution in [0.1, 0.15) is 5.56 Å². The monoisotopic (exact) mass is 358 g/mol. The number of anilines is 1. The predicted octanol–water partition coefficient (Wildman–Crippen LogP) is 3.09. The van der Waals surface area contributed by atoms with Crippen molar-refractivity contribution >= 4 is 23.3 Å². The maximum atomic E-state index is 13.8. The van der Waals surface area contributed by atoms with Gasteiger partial charge in [-0.3, -0.25) is 4.90 Å². The lowest BCUT2D eigenvalue weighted by Gasteiger charge is -2.31. The molecule has 0 saturated heterocycles. The van der Waals surface area contributed by atoms with E-state index in [-0.39, 0.29) is 6.02 Å². The van der Waals surface area contributed by atoms with Crippen molar-refractivity contribution in [1.29, 1.82) is 0 Å². The Balaban J connectivity index is 2.28. The highest BCUT2D eigenvalue weighted by Gasteiger charge is 2.69. The smallest absolute Gasteiger partial charge is 0.385 e. The highest BCUT2D eigenvalue weighted by Crippen LogP contribution is 2.50. The van der Waals surface area contributed by atoms with Gasteiger partial charge in [0.15, 0.2) is 0 Å². The summed E-state index contributed by atoms with van der Waals surface area (Å²) in [6.45, 7) is 0.838. The van der Waals surface area contributed by atoms with Gasteiger partial charge in [0.1, 0.15) is 6.61 Å². The molecule has 1 unspecified atom stereocenters. The molecule has 10 heteroatoms. The van der Waals surface area contributed by atoms with Crippen LogP contribution < -0.4 is 4.90 Å². The Morgan fingerprint density at radius 2 is 1.74 bits per heavy atom. The van der Waals surface area contributed by atoms with Gasteiger partial charge in [-0.2, -0.15) is 22.0 Å². The number of aliphatic imine (C=N–C) groups is 1. The zero-order valence-corrected chi connectivity index (χ0v) is 12.5. The van der Waals surface area contributed by atoms with Crippen molar-refractivity contribution in [3.63, 3.8) is 0 Å². The van der Waals surface area contributed by atoms with Crippen molar-refractivity contribution in [3.05, 3.63) is 29.8 Å². The topological polar surface area (TPSA) is 45.1 Å². The predicted molar refractivity (Wildman–Crippen MR) is 73.9 cm³/mol. The van der Waals surface area contributed by atoms with Crippen molar-refractivity contribution in [3.8, 4) is 0 Å². The molecule has 1 aliphatic rings. The fourth-order valence-corrected chi connectivity index (χ4v) is 2.02. The van der Waals surface area contributed by atoms with Crippen LogP contribution in [-0.2, 0) is 10.7 Å². The third-order valence-electron chi connectivity index (χ3n) is 3.27. The van der Waals surface area contributed by atoms with Crippen molar-refractivity contribution in [2.75, 3.05) is 25.1 Å². The van der Waals surface area contributed by atoms with Crippen LogP contribution in [0.5, 0.6) is 0 Å². The summed E-state index contributed by atoms with van der Waals surface area (Å²) in [5.74, 6) is -10.2. The molecule has 0 aromatic heterocycles. The van der Waals surface area contributed by atoms with E-state index in [0.29, 0.717) is 31.0 Å². The second-order valence-electron chi connectivity index (χ2n) is 4.81. The molecule has 1 N–H and O–H groups in total. The minimum Gasteiger partial charge on any atom is -0.463 e. The molecule has 0 fully saturated rings. The quantitative estimate of drug-likeness (QED) is 0.664. The van der Waals surface area contributed by atoms with Gasteiger partial charge in [0.2, 0.25) is 0 Å². The van der Waals surface area contributed by atoms with Crippen LogP contribution in [0.25, 0.3) is 0 Å². The summed E-state index contributed by atoms with van der Waals surface area (Å²) < 4.78 is 71.7. The number of aliphatic hydroxyl groups is 1. The first kappa shape index (κ1) is 17.7. The second kappa shape index (κ2) is 5.79. The van der Waals surface area contributed by atoms with Crippen LogP contribution in [0.3, 0.4) is 0 Å². The number of halogens is 6. The molecule has 23 heavy (non-hydrogen) atoms. The normalized spacial score (nSPS) is 18.2. The maximum Gasteiger partial charge on any atom is 0.385 e. The Bertz CT molecular complexity index is 601. The van der Waals surface area contributed by atoms with E-state index in [4.69, 9.17) is 9.84 Å². The van der Waals surface area contributed by atoms with Crippen molar-refractivity contribution < 1.29 is 31.8 Å². The molecule has 1 aromatic rings. The van der Waals surface area contributed by atoms with Crippen molar-refractivity contribution in [2.45, 2.75) is 17.2 Å². The van der Waals surface area contributed by atoms with E-state index < -0.39 is 22.7 Å². The summed E-state index contributed by atoms with van der Waals surface area (Å²) in [6, 6.07) is 3.91. The fourth-order valence-electron chi connectivity index (χ4n) is 1.90. The lowest BCUT2D eigenvalue weighted by molar-refractivity contribution is -0.324. The van der Waals surface area contributed by atoms with Gasteiger partial charge in [-0.25, -0.2) is 4.99 Å². The zero-order valence-electron chi connectivity index (χ0n) is 11.7. The molecular formula is C13H12ClF5N2O2. The van der Waals surface area contributed by atoms with E-state index in [1.807, 2.05) is 0 Å². The number of hydrogen-bond acceptors (Lipinski definition) is 4. The van der Waals surface area contributed by atoms with Gasteiger partial charge >= 0.3 is 17.2 Å². The number of alkyl halides is 6. The maximum absolute atomic E-state index is 13.8. The number of benzene rings is 1. The van der Waals surface area contributed by atoms with Gasteiger partial charge in [0, 0.05) is 18.3 Å². The number of amidine groups is 1. The number of hydrogen-bond donors (Lipinski definition) is 1. The molecule has 0 saturated carbocycles. The molecule has 0 spiro atoms. The van der Waals surface area contributed by atoms with E-state index in [0.717, 1.165) is 12.1 Å². The van der Waals surface area contributed by atoms with E-state index in [1.54, 1.807) is 7.05 Å². The minimum absolute atomic E-state index is 0.263. The highest BCUT2D eigenvalue weighted by atomic mass is 35.5. The molecule has 1 atom stereocenters. The van der Waals surface area contributed by atoms with Gasteiger partial charge in [-0.05, 0) is 23.7 Å². The second-order valence-corrected chi connectivity index (χ2v) is 5.29. The molecule has 0 amide bonds. The van der Waals surface area contributed by atoms with Crippen LogP contribution in [-0.4, -0.2) is 42.6 Å². The molecular weight excluding hydrogens is 347 g/mol. The van der Waals surface area contributed by atoms with Crippen LogP contribution in [0.2, 0.25) is 0 Å². The Hall–Kier alpha value is -1.61. The zero-order chi connectivity index (χ0) is 17.5. The van der Waals surface area contributed by atoms with Gasteiger partial charge in [0.05, 0.1) is 6.54 Å². The lowest BCUT2D eigenvalue weighted by Crippen LogP contribution is -2.53. The molecule has 1 aliphatic heterocycles. The molecule has 0 aliphatic carbocycles. The van der Waals surface area contributed by atoms with E-state index >= 15 is 0 Å². The van der Waals surface area contributed by atoms with Gasteiger partial charge in [-0.1, -0.05) is 12.1 Å². The summed E-state index contributed by atoms with van der Waals surface area (Å²) in [4.78, 5) is 5.45. The standard InChI is InChI=1S/C13H12ClF5N2O2/c1-21(10-20-6-7-23-10)9-4-2-8(3-5-9)11(15,16)12(17,22)13(14,18)19/h2-5,22H,6-7H2,1H3. The average Bonchev–Trinajstić information content (AvgIpc) is 2.99. The van der Waals surface area contributed by atoms with E-state index in [9.17, 15) is 22.0 Å². The summed E-state index contributed by atoms with van der Waals surface area (Å²) >= 11 is 4.25. The van der Waals surface area contributed by atoms with Crippen LogP contribution in [0.4, 0.5) is 27.6 Å². The molecule has 2 rings (SSSR count). The van der Waals surface area contributed by atoms with E-state index in [2.05, 4.69) is 16.6 Å². The SMILES string of the molecule is CN(C1=NCCO1)c1ccc(C(F)(F)C(O)(F)C(F)(F)Cl)cc1. The van der Waals surface area contributed by atoms with Crippen molar-refractivity contribution in [2.24, 2.45) is 4.99 Å². The van der Waals surface area contributed by atoms with E-state index in [1.165, 1.54) is 4.90 Å². The molecule has 0 bridgehead atoms. The lowest BCUT2D eigenvalue weighted by atomic mass is 10.0. The van der Waals surface area contributed by atoms with Crippen LogP contribution >= 0.6 is 11.6 Å². The summed E-state index contributed by atoms with van der Waals surface area (Å²) in [5.41, 5.74) is -0.806. The first-order valence-corrected chi connectivity index (χ1v) is 6.73. The summed E-state index contributed by atoms with van der Waals surface area (Å²) in [6.07, 6.45) is 0. The molecule has 1 aromatic carbocycles. The first-order chi connectivity index (χ1) is 10.5. The summed E-state index contributed by atoms with van der Waals surface area (Å²) in [7, 11) is 1.55. The summed E-state index contributed by atoms with van der Waals surface area (Å²) in [5, 5.41) is 3.67. The molecule has 1 heterocycles. The Morgan fingerprint density at radius 1 is 1.17 bits per heavy atom. The van der Waals surface area contributed by atoms with Gasteiger partial charge < -0.3 is 9.84 Å². The molecule has 4 nitrogen and oxygen atoms in total. The molecule has 0 radical (unpaired) electrons. The third kappa shape index (κ3) is 3.07. The Kier molecular flexibility index (Phi) is 4.46. The van der Waals surface area contributed by atoms with Gasteiger partial charge in [0.25, 0.3) is 6.02 Å². The highest BCUT2D eigenvalue weighted by molar-refractivity contribution is 6.22. The van der Waals surface area contributed by atoms with Crippen molar-refractivity contribution in [1.82, 2.24) is 0 Å². The Morgan fingerprint density at radius 3 is 2.17 bits per heavy atom. The number of nitrogens with zero attached hydrogens (tertiary/aromatic N) is 2. The minimum atomic E-state index is -5.24. The largest absolute Gasteiger partial charge is 0.463 e. The first-order valence-electron chi connectivity index (χ1n) is 6.36. The average molecular weight is 359 g/mol. The number of ether oxygens (including phenoxy) is 1.